The van der Waals surface area contributed by atoms with Crippen molar-refractivity contribution in [3.8, 4) is 0 Å². The molecule has 100 valence electrons. The lowest BCUT2D eigenvalue weighted by atomic mass is 10.3. The average molecular weight is 241 g/mol. The van der Waals surface area contributed by atoms with Crippen molar-refractivity contribution < 1.29 is 9.90 Å². The molecule has 0 bridgehead atoms. The minimum Gasteiger partial charge on any atom is -0.478 e. The fourth-order valence-electron chi connectivity index (χ4n) is 0.978. The maximum absolute atomic E-state index is 9.75. The molecule has 0 spiro atoms. The van der Waals surface area contributed by atoms with Gasteiger partial charge < -0.3 is 10.4 Å². The number of rotatable bonds is 8. The largest absolute Gasteiger partial charge is 0.478 e. The average Bonchev–Trinajstić information content (AvgIpc) is 2.30. The number of hydrogen-bond donors (Lipinski definition) is 2. The number of hydrogen-bond acceptors (Lipinski definition) is 2. The predicted octanol–water partition coefficient (Wildman–Crippen LogP) is 3.38. The highest BCUT2D eigenvalue weighted by Crippen LogP contribution is 1.85. The Bertz CT molecular complexity index is 204. The first-order valence-electron chi connectivity index (χ1n) is 6.42. The zero-order valence-corrected chi connectivity index (χ0v) is 11.4. The molecule has 0 aliphatic heterocycles. The third-order valence-electron chi connectivity index (χ3n) is 1.96. The van der Waals surface area contributed by atoms with Gasteiger partial charge >= 0.3 is 5.97 Å². The Morgan fingerprint density at radius 1 is 1.12 bits per heavy atom. The Hall–Kier alpha value is -1.09. The van der Waals surface area contributed by atoms with Crippen LogP contribution in [0.1, 0.15) is 46.5 Å². The van der Waals surface area contributed by atoms with Crippen molar-refractivity contribution in [3.63, 3.8) is 0 Å². The second-order valence-corrected chi connectivity index (χ2v) is 3.68. The van der Waals surface area contributed by atoms with E-state index in [1.807, 2.05) is 6.92 Å². The van der Waals surface area contributed by atoms with Gasteiger partial charge in [-0.05, 0) is 32.9 Å². The van der Waals surface area contributed by atoms with Crippen molar-refractivity contribution in [2.45, 2.75) is 46.5 Å². The molecular formula is C14H27NO2. The van der Waals surface area contributed by atoms with Crippen LogP contribution in [0.3, 0.4) is 0 Å². The minimum atomic E-state index is -0.914. The molecule has 17 heavy (non-hydrogen) atoms. The van der Waals surface area contributed by atoms with Crippen LogP contribution >= 0.6 is 0 Å². The number of carboxylic acids is 1. The van der Waals surface area contributed by atoms with Crippen molar-refractivity contribution >= 4 is 5.97 Å². The summed E-state index contributed by atoms with van der Waals surface area (Å²) in [6.07, 6.45) is 11.2. The second-order valence-electron chi connectivity index (χ2n) is 3.68. The van der Waals surface area contributed by atoms with Gasteiger partial charge in [-0.15, -0.1) is 0 Å². The molecule has 3 nitrogen and oxygen atoms in total. The summed E-state index contributed by atoms with van der Waals surface area (Å²) in [5.74, 6) is -0.914. The number of carboxylic acid groups (broad SMARTS) is 1. The van der Waals surface area contributed by atoms with E-state index in [1.165, 1.54) is 44.8 Å². The van der Waals surface area contributed by atoms with Crippen LogP contribution in [0.15, 0.2) is 24.3 Å². The standard InChI is InChI=1S/C8H19N.C6H8O2/c1-3-5-7-9-8-6-4-2;1-2-3-4-5-6(7)8/h9H,3-8H2,1-2H3;2-5H,1H3,(H,7,8)/b;3-2+,5-4+. The van der Waals surface area contributed by atoms with Crippen molar-refractivity contribution in [1.82, 2.24) is 5.32 Å². The Balaban J connectivity index is 0. The molecule has 0 fully saturated rings. The smallest absolute Gasteiger partial charge is 0.328 e. The summed E-state index contributed by atoms with van der Waals surface area (Å²) in [5, 5.41) is 11.4. The van der Waals surface area contributed by atoms with Crippen molar-refractivity contribution in [3.05, 3.63) is 24.3 Å². The molecular weight excluding hydrogens is 214 g/mol. The van der Waals surface area contributed by atoms with Crippen LogP contribution in [0.25, 0.3) is 0 Å². The number of allylic oxidation sites excluding steroid dienone is 3. The molecule has 0 atom stereocenters. The monoisotopic (exact) mass is 241 g/mol. The van der Waals surface area contributed by atoms with Gasteiger partial charge in [0.05, 0.1) is 0 Å². The van der Waals surface area contributed by atoms with Crippen molar-refractivity contribution in [2.75, 3.05) is 13.1 Å². The van der Waals surface area contributed by atoms with E-state index >= 15 is 0 Å². The Labute approximate surface area is 106 Å². The summed E-state index contributed by atoms with van der Waals surface area (Å²) in [4.78, 5) is 9.75. The summed E-state index contributed by atoms with van der Waals surface area (Å²) in [6, 6.07) is 0. The van der Waals surface area contributed by atoms with Gasteiger partial charge in [0, 0.05) is 6.08 Å². The van der Waals surface area contributed by atoms with Crippen molar-refractivity contribution in [2.24, 2.45) is 0 Å². The molecule has 0 heterocycles. The molecule has 0 radical (unpaired) electrons. The lowest BCUT2D eigenvalue weighted by Gasteiger charge is -1.99. The van der Waals surface area contributed by atoms with Crippen LogP contribution in [0.5, 0.6) is 0 Å². The highest BCUT2D eigenvalue weighted by Gasteiger charge is 1.83. The van der Waals surface area contributed by atoms with Crippen molar-refractivity contribution in [1.29, 1.82) is 0 Å². The number of aliphatic carboxylic acids is 1. The first kappa shape index (κ1) is 18.3. The molecule has 0 aromatic heterocycles. The Morgan fingerprint density at radius 2 is 1.65 bits per heavy atom. The van der Waals surface area contributed by atoms with E-state index in [-0.39, 0.29) is 0 Å². The number of unbranched alkanes of at least 4 members (excludes halogenated alkanes) is 2. The zero-order chi connectivity index (χ0) is 13.4. The minimum absolute atomic E-state index is 0.914. The van der Waals surface area contributed by atoms with Gasteiger partial charge in [-0.3, -0.25) is 0 Å². The van der Waals surface area contributed by atoms with E-state index in [1.54, 1.807) is 12.2 Å². The van der Waals surface area contributed by atoms with Crippen LogP contribution in [0, 0.1) is 0 Å². The SMILES string of the molecule is C/C=C/C=C/C(=O)O.CCCCNCCCC. The highest BCUT2D eigenvalue weighted by atomic mass is 16.4. The first-order chi connectivity index (χ1) is 8.18. The lowest BCUT2D eigenvalue weighted by molar-refractivity contribution is -0.131. The summed E-state index contributed by atoms with van der Waals surface area (Å²) < 4.78 is 0. The molecule has 0 aliphatic carbocycles. The molecule has 0 aliphatic rings. The van der Waals surface area contributed by atoms with Crippen LogP contribution < -0.4 is 5.32 Å². The number of carbonyl (C=O) groups is 1. The Kier molecular flexibility index (Phi) is 18.6. The molecule has 0 saturated carbocycles. The van der Waals surface area contributed by atoms with Gasteiger partial charge in [0.1, 0.15) is 0 Å². The lowest BCUT2D eigenvalue weighted by Crippen LogP contribution is -2.15. The van der Waals surface area contributed by atoms with Crippen LogP contribution in [0.4, 0.5) is 0 Å². The Morgan fingerprint density at radius 3 is 2.00 bits per heavy atom. The van der Waals surface area contributed by atoms with E-state index < -0.39 is 5.97 Å². The third kappa shape index (κ3) is 25.3. The first-order valence-corrected chi connectivity index (χ1v) is 6.42. The van der Waals surface area contributed by atoms with Crippen LogP contribution in [0.2, 0.25) is 0 Å². The summed E-state index contributed by atoms with van der Waals surface area (Å²) in [6.45, 7) is 8.68. The maximum Gasteiger partial charge on any atom is 0.328 e. The van der Waals surface area contributed by atoms with E-state index in [4.69, 9.17) is 5.11 Å². The molecule has 0 amide bonds. The molecule has 0 rings (SSSR count). The summed E-state index contributed by atoms with van der Waals surface area (Å²) >= 11 is 0. The van der Waals surface area contributed by atoms with Gasteiger partial charge in [0.15, 0.2) is 0 Å². The zero-order valence-electron chi connectivity index (χ0n) is 11.4. The molecule has 0 unspecified atom stereocenters. The molecule has 3 heteroatoms. The van der Waals surface area contributed by atoms with Gasteiger partial charge in [-0.2, -0.15) is 0 Å². The quantitative estimate of drug-likeness (QED) is 0.389. The summed E-state index contributed by atoms with van der Waals surface area (Å²) in [7, 11) is 0. The van der Waals surface area contributed by atoms with Gasteiger partial charge in [-0.1, -0.05) is 44.9 Å². The molecule has 0 aromatic carbocycles. The fourth-order valence-corrected chi connectivity index (χ4v) is 0.978. The van der Waals surface area contributed by atoms with Gasteiger partial charge in [0.2, 0.25) is 0 Å². The van der Waals surface area contributed by atoms with Gasteiger partial charge in [-0.25, -0.2) is 4.79 Å². The fraction of sp³-hybridized carbons (Fsp3) is 0.643. The molecule has 2 N–H and O–H groups in total. The highest BCUT2D eigenvalue weighted by molar-refractivity contribution is 5.80. The molecule has 0 aromatic rings. The van der Waals surface area contributed by atoms with E-state index in [0.717, 1.165) is 6.08 Å². The number of nitrogens with one attached hydrogen (secondary N) is 1. The third-order valence-corrected chi connectivity index (χ3v) is 1.96. The van der Waals surface area contributed by atoms with Crippen LogP contribution in [-0.2, 0) is 4.79 Å². The van der Waals surface area contributed by atoms with E-state index in [2.05, 4.69) is 19.2 Å². The predicted molar refractivity (Wildman–Crippen MR) is 74.3 cm³/mol. The van der Waals surface area contributed by atoms with E-state index in [9.17, 15) is 4.79 Å². The normalized spacial score (nSPS) is 10.5. The van der Waals surface area contributed by atoms with Crippen LogP contribution in [-0.4, -0.2) is 24.2 Å². The topological polar surface area (TPSA) is 49.3 Å². The maximum atomic E-state index is 9.75. The van der Waals surface area contributed by atoms with Gasteiger partial charge in [0.25, 0.3) is 0 Å². The van der Waals surface area contributed by atoms with E-state index in [0.29, 0.717) is 0 Å². The molecule has 0 saturated heterocycles. The second kappa shape index (κ2) is 17.3. The summed E-state index contributed by atoms with van der Waals surface area (Å²) in [5.41, 5.74) is 0.